The monoisotopic (exact) mass is 685 g/mol. The largest absolute Gasteiger partial charge is 0.595 e. The zero-order chi connectivity index (χ0) is 35.3. The van der Waals surface area contributed by atoms with Crippen LogP contribution in [-0.2, 0) is 27.2 Å². The van der Waals surface area contributed by atoms with Crippen molar-refractivity contribution in [2.45, 2.75) is 97.9 Å². The molecule has 2 heterocycles. The van der Waals surface area contributed by atoms with E-state index in [4.69, 9.17) is 9.47 Å². The zero-order valence-corrected chi connectivity index (χ0v) is 31.1. The van der Waals surface area contributed by atoms with Crippen molar-refractivity contribution in [1.82, 2.24) is 25.0 Å². The third-order valence-electron chi connectivity index (χ3n) is 7.87. The van der Waals surface area contributed by atoms with Gasteiger partial charge >= 0.3 is 6.03 Å². The lowest BCUT2D eigenvalue weighted by Gasteiger charge is -2.33. The molecule has 0 bridgehead atoms. The lowest BCUT2D eigenvalue weighted by atomic mass is 10.0. The number of benzene rings is 1. The highest BCUT2D eigenvalue weighted by Gasteiger charge is 2.29. The van der Waals surface area contributed by atoms with Crippen LogP contribution >= 0.6 is 11.3 Å². The number of carbonyl (C=O) groups excluding carboxylic acids is 2. The molecule has 1 aliphatic heterocycles. The molecule has 2 aromatic rings. The van der Waals surface area contributed by atoms with Crippen molar-refractivity contribution in [3.05, 3.63) is 52.0 Å². The molecule has 0 saturated carbocycles. The van der Waals surface area contributed by atoms with Gasteiger partial charge < -0.3 is 29.7 Å². The van der Waals surface area contributed by atoms with Crippen molar-refractivity contribution >= 4 is 29.4 Å². The summed E-state index contributed by atoms with van der Waals surface area (Å²) in [6.07, 6.45) is 0.876. The maximum atomic E-state index is 14.3. The van der Waals surface area contributed by atoms with Gasteiger partial charge in [0.2, 0.25) is 5.91 Å². The number of aliphatic imine (C=N–C) groups is 1. The van der Waals surface area contributed by atoms with Gasteiger partial charge in [-0.1, -0.05) is 78.8 Å². The Morgan fingerprint density at radius 1 is 1.12 bits per heavy atom. The third kappa shape index (κ3) is 14.1. The number of aromatic nitrogens is 1. The molecule has 1 aromatic heterocycles. The second-order valence-electron chi connectivity index (χ2n) is 14.4. The SMILES string of the molecule is CC(C)CN(CC[C@@H](Cc1ccccc1)N=C([O-])OC(C)(C)C)C(=O)[C@H](CCN1CCOCC1)NC(=O)N(C)Cc1csc(C(C)C)n1. The van der Waals surface area contributed by atoms with Crippen molar-refractivity contribution < 1.29 is 24.2 Å². The molecule has 0 unspecified atom stereocenters. The number of morpholine rings is 1. The number of hydrogen-bond donors (Lipinski definition) is 1. The van der Waals surface area contributed by atoms with E-state index in [1.807, 2.05) is 61.4 Å². The van der Waals surface area contributed by atoms with Gasteiger partial charge in [0, 0.05) is 56.7 Å². The first-order valence-electron chi connectivity index (χ1n) is 17.2. The Kier molecular flexibility index (Phi) is 15.6. The predicted molar refractivity (Wildman–Crippen MR) is 190 cm³/mol. The smallest absolute Gasteiger partial charge is 0.318 e. The molecule has 1 saturated heterocycles. The molecular formula is C36H57N6O5S-. The molecule has 1 aromatic carbocycles. The second-order valence-corrected chi connectivity index (χ2v) is 15.2. The standard InChI is InChI=1S/C36H58N6O5S/c1-26(2)23-42(17-14-29(22-28-12-10-9-11-13-28)38-35(45)47-36(5,6)7)33(43)31(15-16-41-18-20-46-21-19-41)39-34(44)40(8)24-30-25-48-32(37-30)27(3)4/h9-13,25-27,29,31H,14-24H2,1-8H3,(H,38,45)(H,39,44)/p-1/t29-,31-/m0/s1. The first kappa shape index (κ1) is 39.2. The quantitative estimate of drug-likeness (QED) is 0.204. The molecule has 3 amide bonds. The van der Waals surface area contributed by atoms with E-state index in [2.05, 4.69) is 47.9 Å². The van der Waals surface area contributed by atoms with Crippen molar-refractivity contribution in [3.63, 3.8) is 0 Å². The molecule has 0 radical (unpaired) electrons. The number of nitrogens with one attached hydrogen (secondary N) is 1. The number of hydrogen-bond acceptors (Lipinski definition) is 9. The van der Waals surface area contributed by atoms with E-state index >= 15 is 0 Å². The highest BCUT2D eigenvalue weighted by atomic mass is 32.1. The van der Waals surface area contributed by atoms with Crippen molar-refractivity contribution in [3.8, 4) is 0 Å². The third-order valence-corrected chi connectivity index (χ3v) is 9.06. The average molecular weight is 686 g/mol. The predicted octanol–water partition coefficient (Wildman–Crippen LogP) is 4.52. The Morgan fingerprint density at radius 3 is 2.42 bits per heavy atom. The maximum absolute atomic E-state index is 14.3. The minimum Gasteiger partial charge on any atom is -0.595 e. The van der Waals surface area contributed by atoms with Crippen molar-refractivity contribution in [2.24, 2.45) is 10.9 Å². The number of nitrogens with zero attached hydrogens (tertiary/aromatic N) is 5. The number of amides is 3. The van der Waals surface area contributed by atoms with Crippen LogP contribution < -0.4 is 10.4 Å². The molecule has 0 aliphatic carbocycles. The summed E-state index contributed by atoms with van der Waals surface area (Å²) in [5.41, 5.74) is 1.22. The molecule has 12 heteroatoms. The fraction of sp³-hybridized carbons (Fsp3) is 0.667. The molecule has 268 valence electrons. The molecular weight excluding hydrogens is 629 g/mol. The topological polar surface area (TPSA) is 123 Å². The van der Waals surface area contributed by atoms with E-state index in [1.54, 1.807) is 23.3 Å². The highest BCUT2D eigenvalue weighted by molar-refractivity contribution is 7.09. The molecule has 0 spiro atoms. The first-order chi connectivity index (χ1) is 22.7. The normalized spacial score (nSPS) is 15.8. The summed E-state index contributed by atoms with van der Waals surface area (Å²) < 4.78 is 11.0. The van der Waals surface area contributed by atoms with Crippen LogP contribution in [0.5, 0.6) is 0 Å². The average Bonchev–Trinajstić information content (AvgIpc) is 3.49. The second kappa shape index (κ2) is 19.1. The molecule has 48 heavy (non-hydrogen) atoms. The fourth-order valence-electron chi connectivity index (χ4n) is 5.42. The Morgan fingerprint density at radius 2 is 1.81 bits per heavy atom. The number of ether oxygens (including phenoxy) is 2. The van der Waals surface area contributed by atoms with E-state index in [-0.39, 0.29) is 23.9 Å². The van der Waals surface area contributed by atoms with Crippen LogP contribution in [-0.4, -0.2) is 108 Å². The van der Waals surface area contributed by atoms with Gasteiger partial charge in [0.15, 0.2) is 0 Å². The first-order valence-corrected chi connectivity index (χ1v) is 18.1. The number of carbonyl (C=O) groups is 2. The summed E-state index contributed by atoms with van der Waals surface area (Å²) in [6, 6.07) is 8.48. The lowest BCUT2D eigenvalue weighted by molar-refractivity contribution is -0.261. The van der Waals surface area contributed by atoms with Gasteiger partial charge in [-0.25, -0.2) is 9.78 Å². The molecule has 1 N–H and O–H groups in total. The maximum Gasteiger partial charge on any atom is 0.318 e. The van der Waals surface area contributed by atoms with Gasteiger partial charge in [-0.05, 0) is 30.7 Å². The van der Waals surface area contributed by atoms with E-state index in [1.165, 1.54) is 0 Å². The number of urea groups is 1. The van der Waals surface area contributed by atoms with E-state index in [0.29, 0.717) is 64.6 Å². The summed E-state index contributed by atoms with van der Waals surface area (Å²) in [4.78, 5) is 42.7. The molecule has 2 atom stereocenters. The van der Waals surface area contributed by atoms with Gasteiger partial charge in [-0.3, -0.25) is 14.7 Å². The molecule has 11 nitrogen and oxygen atoms in total. The van der Waals surface area contributed by atoms with Gasteiger partial charge in [0.1, 0.15) is 12.1 Å². The van der Waals surface area contributed by atoms with E-state index in [9.17, 15) is 14.7 Å². The molecule has 3 rings (SSSR count). The summed E-state index contributed by atoms with van der Waals surface area (Å²) >= 11 is 1.60. The molecule has 1 fully saturated rings. The lowest BCUT2D eigenvalue weighted by Crippen LogP contribution is -2.53. The minimum atomic E-state index is -0.724. The van der Waals surface area contributed by atoms with Crippen LogP contribution in [0, 0.1) is 5.92 Å². The zero-order valence-electron chi connectivity index (χ0n) is 30.2. The van der Waals surface area contributed by atoms with Crippen LogP contribution in [0.2, 0.25) is 0 Å². The van der Waals surface area contributed by atoms with Gasteiger partial charge in [-0.2, -0.15) is 0 Å². The van der Waals surface area contributed by atoms with E-state index in [0.717, 1.165) is 29.4 Å². The van der Waals surface area contributed by atoms with Crippen LogP contribution in [0.3, 0.4) is 0 Å². The Hall–Kier alpha value is -3.22. The van der Waals surface area contributed by atoms with Crippen molar-refractivity contribution in [2.75, 3.05) is 53.0 Å². The Labute approximate surface area is 291 Å². The van der Waals surface area contributed by atoms with Crippen LogP contribution in [0.15, 0.2) is 40.7 Å². The van der Waals surface area contributed by atoms with Crippen LogP contribution in [0.1, 0.15) is 83.5 Å². The van der Waals surface area contributed by atoms with Gasteiger partial charge in [-0.15, -0.1) is 11.3 Å². The fourth-order valence-corrected chi connectivity index (χ4v) is 6.25. The minimum absolute atomic E-state index is 0.134. The Bertz CT molecular complexity index is 1290. The van der Waals surface area contributed by atoms with Gasteiger partial charge in [0.25, 0.3) is 0 Å². The van der Waals surface area contributed by atoms with E-state index < -0.39 is 17.7 Å². The Balaban J connectivity index is 1.79. The summed E-state index contributed by atoms with van der Waals surface area (Å²) in [5.74, 6) is 0.383. The van der Waals surface area contributed by atoms with Gasteiger partial charge in [0.05, 0.1) is 36.5 Å². The summed E-state index contributed by atoms with van der Waals surface area (Å²) in [7, 11) is 1.73. The summed E-state index contributed by atoms with van der Waals surface area (Å²) in [5, 5.41) is 18.8. The van der Waals surface area contributed by atoms with Crippen LogP contribution in [0.4, 0.5) is 4.79 Å². The summed E-state index contributed by atoms with van der Waals surface area (Å²) in [6.45, 7) is 18.6. The number of thiazole rings is 1. The number of rotatable bonds is 16. The van der Waals surface area contributed by atoms with Crippen LogP contribution in [0.25, 0.3) is 0 Å². The van der Waals surface area contributed by atoms with Crippen molar-refractivity contribution in [1.29, 1.82) is 0 Å². The highest BCUT2D eigenvalue weighted by Crippen LogP contribution is 2.20. The molecule has 1 aliphatic rings.